The maximum Gasteiger partial charge on any atom is 0.198 e. The van der Waals surface area contributed by atoms with Crippen molar-refractivity contribution in [3.05, 3.63) is 29.8 Å². The lowest BCUT2D eigenvalue weighted by molar-refractivity contribution is 0.428. The lowest BCUT2D eigenvalue weighted by atomic mass is 9.78. The lowest BCUT2D eigenvalue weighted by Gasteiger charge is -2.29. The number of anilines is 1. The van der Waals surface area contributed by atoms with Crippen molar-refractivity contribution in [3.8, 4) is 0 Å². The van der Waals surface area contributed by atoms with E-state index < -0.39 is 9.84 Å². The Kier molecular flexibility index (Phi) is 5.09. The van der Waals surface area contributed by atoms with Gasteiger partial charge in [0.2, 0.25) is 0 Å². The molecule has 1 atom stereocenters. The Morgan fingerprint density at radius 3 is 2.64 bits per heavy atom. The number of rotatable bonds is 4. The van der Waals surface area contributed by atoms with Crippen LogP contribution in [0, 0.1) is 5.92 Å². The number of nitrogens with zero attached hydrogens (tertiary/aromatic N) is 2. The Morgan fingerprint density at radius 1 is 1.32 bits per heavy atom. The summed E-state index contributed by atoms with van der Waals surface area (Å²) >= 11 is 0. The lowest BCUT2D eigenvalue weighted by Crippen LogP contribution is -2.45. The van der Waals surface area contributed by atoms with Gasteiger partial charge in [0.1, 0.15) is 0 Å². The SMILES string of the molecule is CCC1(CC)CN(C(=NC)NCC2CCS(=O)(=O)C2)c2ccccc21. The summed E-state index contributed by atoms with van der Waals surface area (Å²) in [6, 6.07) is 8.58. The summed E-state index contributed by atoms with van der Waals surface area (Å²) in [5.74, 6) is 1.64. The van der Waals surface area contributed by atoms with E-state index in [-0.39, 0.29) is 11.3 Å². The fourth-order valence-electron chi connectivity index (χ4n) is 4.24. The zero-order valence-electron chi connectivity index (χ0n) is 15.5. The van der Waals surface area contributed by atoms with Gasteiger partial charge >= 0.3 is 0 Å². The minimum absolute atomic E-state index is 0.158. The first kappa shape index (κ1) is 18.2. The molecule has 1 unspecified atom stereocenters. The van der Waals surface area contributed by atoms with Crippen LogP contribution in [-0.4, -0.2) is 46.0 Å². The third-order valence-electron chi connectivity index (χ3n) is 5.92. The number of benzene rings is 1. The second-order valence-electron chi connectivity index (χ2n) is 7.29. The van der Waals surface area contributed by atoms with Gasteiger partial charge in [-0.25, -0.2) is 8.42 Å². The molecule has 0 amide bonds. The summed E-state index contributed by atoms with van der Waals surface area (Å²) in [5, 5.41) is 3.43. The molecule has 3 rings (SSSR count). The van der Waals surface area contributed by atoms with Crippen molar-refractivity contribution in [2.24, 2.45) is 10.9 Å². The topological polar surface area (TPSA) is 61.8 Å². The molecule has 0 saturated carbocycles. The van der Waals surface area contributed by atoms with Crippen LogP contribution < -0.4 is 10.2 Å². The Labute approximate surface area is 151 Å². The minimum Gasteiger partial charge on any atom is -0.356 e. The second kappa shape index (κ2) is 6.98. The van der Waals surface area contributed by atoms with E-state index in [0.29, 0.717) is 18.1 Å². The number of guanidine groups is 1. The molecule has 6 heteroatoms. The fourth-order valence-corrected chi connectivity index (χ4v) is 6.10. The number of hydrogen-bond acceptors (Lipinski definition) is 3. The van der Waals surface area contributed by atoms with Crippen LogP contribution in [0.2, 0.25) is 0 Å². The molecule has 1 aromatic rings. The van der Waals surface area contributed by atoms with Crippen LogP contribution in [0.4, 0.5) is 5.69 Å². The molecule has 5 nitrogen and oxygen atoms in total. The Hall–Kier alpha value is -1.56. The molecule has 0 aromatic heterocycles. The predicted octanol–water partition coefficient (Wildman–Crippen LogP) is 2.57. The van der Waals surface area contributed by atoms with Crippen molar-refractivity contribution in [2.45, 2.75) is 38.5 Å². The summed E-state index contributed by atoms with van der Waals surface area (Å²) in [4.78, 5) is 6.75. The summed E-state index contributed by atoms with van der Waals surface area (Å²) in [6.07, 6.45) is 2.93. The summed E-state index contributed by atoms with van der Waals surface area (Å²) in [5.41, 5.74) is 2.77. The number of aliphatic imine (C=N–C) groups is 1. The van der Waals surface area contributed by atoms with Crippen molar-refractivity contribution in [2.75, 3.05) is 36.5 Å². The smallest absolute Gasteiger partial charge is 0.198 e. The molecule has 2 aliphatic heterocycles. The summed E-state index contributed by atoms with van der Waals surface area (Å²) < 4.78 is 23.3. The molecule has 0 spiro atoms. The van der Waals surface area contributed by atoms with Gasteiger partial charge in [0, 0.05) is 31.2 Å². The molecule has 25 heavy (non-hydrogen) atoms. The van der Waals surface area contributed by atoms with Crippen molar-refractivity contribution < 1.29 is 8.42 Å². The number of sulfone groups is 1. The van der Waals surface area contributed by atoms with Gasteiger partial charge in [-0.3, -0.25) is 4.99 Å². The Bertz CT molecular complexity index is 754. The van der Waals surface area contributed by atoms with Crippen LogP contribution in [0.25, 0.3) is 0 Å². The highest BCUT2D eigenvalue weighted by molar-refractivity contribution is 7.91. The normalized spacial score (nSPS) is 24.4. The third-order valence-corrected chi connectivity index (χ3v) is 7.76. The number of hydrogen-bond donors (Lipinski definition) is 1. The van der Waals surface area contributed by atoms with Gasteiger partial charge in [-0.1, -0.05) is 32.0 Å². The van der Waals surface area contributed by atoms with Crippen LogP contribution in [-0.2, 0) is 15.3 Å². The molecule has 1 N–H and O–H groups in total. The van der Waals surface area contributed by atoms with E-state index in [1.165, 1.54) is 11.3 Å². The van der Waals surface area contributed by atoms with Crippen LogP contribution in [0.15, 0.2) is 29.3 Å². The highest BCUT2D eigenvalue weighted by Gasteiger charge is 2.41. The zero-order valence-corrected chi connectivity index (χ0v) is 16.3. The van der Waals surface area contributed by atoms with E-state index in [1.54, 1.807) is 7.05 Å². The molecule has 0 radical (unpaired) electrons. The first-order valence-electron chi connectivity index (χ1n) is 9.23. The van der Waals surface area contributed by atoms with Gasteiger partial charge in [-0.15, -0.1) is 0 Å². The highest BCUT2D eigenvalue weighted by Crippen LogP contribution is 2.44. The monoisotopic (exact) mass is 363 g/mol. The van der Waals surface area contributed by atoms with Crippen LogP contribution in [0.5, 0.6) is 0 Å². The summed E-state index contributed by atoms with van der Waals surface area (Å²) in [7, 11) is -1.04. The molecular weight excluding hydrogens is 334 g/mol. The Balaban J connectivity index is 1.78. The molecule has 2 aliphatic rings. The minimum atomic E-state index is -2.84. The van der Waals surface area contributed by atoms with E-state index in [0.717, 1.165) is 31.8 Å². The molecule has 1 fully saturated rings. The van der Waals surface area contributed by atoms with Crippen molar-refractivity contribution in [3.63, 3.8) is 0 Å². The average Bonchev–Trinajstić information content (AvgIpc) is 3.14. The van der Waals surface area contributed by atoms with Gasteiger partial charge in [-0.05, 0) is 36.8 Å². The van der Waals surface area contributed by atoms with Gasteiger partial charge < -0.3 is 10.2 Å². The maximum atomic E-state index is 11.7. The molecule has 0 aliphatic carbocycles. The highest BCUT2D eigenvalue weighted by atomic mass is 32.2. The molecular formula is C19H29N3O2S. The maximum absolute atomic E-state index is 11.7. The van der Waals surface area contributed by atoms with Crippen LogP contribution in [0.1, 0.15) is 38.7 Å². The quantitative estimate of drug-likeness (QED) is 0.660. The van der Waals surface area contributed by atoms with Gasteiger partial charge in [-0.2, -0.15) is 0 Å². The average molecular weight is 364 g/mol. The van der Waals surface area contributed by atoms with E-state index in [2.05, 4.69) is 53.3 Å². The first-order chi connectivity index (χ1) is 11.9. The first-order valence-corrected chi connectivity index (χ1v) is 11.0. The number of fused-ring (bicyclic) bond motifs is 1. The number of para-hydroxylation sites is 1. The molecule has 1 saturated heterocycles. The second-order valence-corrected chi connectivity index (χ2v) is 9.52. The fraction of sp³-hybridized carbons (Fsp3) is 0.632. The zero-order chi connectivity index (χ0) is 18.1. The van der Waals surface area contributed by atoms with Crippen molar-refractivity contribution in [1.82, 2.24) is 5.32 Å². The molecule has 0 bridgehead atoms. The standard InChI is InChI=1S/C19H29N3O2S/c1-4-19(5-2)14-22(17-9-7-6-8-16(17)19)18(20-3)21-12-15-10-11-25(23,24)13-15/h6-9,15H,4-5,10-14H2,1-3H3,(H,20,21). The van der Waals surface area contributed by atoms with E-state index in [4.69, 9.17) is 0 Å². The van der Waals surface area contributed by atoms with Crippen molar-refractivity contribution in [1.29, 1.82) is 0 Å². The molecule has 1 aromatic carbocycles. The van der Waals surface area contributed by atoms with E-state index in [9.17, 15) is 8.42 Å². The number of nitrogens with one attached hydrogen (secondary N) is 1. The van der Waals surface area contributed by atoms with Crippen LogP contribution in [0.3, 0.4) is 0 Å². The molecule has 138 valence electrons. The van der Waals surface area contributed by atoms with Crippen molar-refractivity contribution >= 4 is 21.5 Å². The Morgan fingerprint density at radius 2 is 2.04 bits per heavy atom. The van der Waals surface area contributed by atoms with Gasteiger partial charge in [0.15, 0.2) is 15.8 Å². The van der Waals surface area contributed by atoms with Gasteiger partial charge in [0.05, 0.1) is 11.5 Å². The van der Waals surface area contributed by atoms with Crippen LogP contribution >= 0.6 is 0 Å². The van der Waals surface area contributed by atoms with Gasteiger partial charge in [0.25, 0.3) is 0 Å². The summed E-state index contributed by atoms with van der Waals surface area (Å²) in [6.45, 7) is 6.09. The van der Waals surface area contributed by atoms with E-state index in [1.807, 2.05) is 0 Å². The predicted molar refractivity (Wildman–Crippen MR) is 104 cm³/mol. The third kappa shape index (κ3) is 3.41. The van der Waals surface area contributed by atoms with E-state index >= 15 is 0 Å². The molecule has 2 heterocycles. The largest absolute Gasteiger partial charge is 0.356 e.